The fourth-order valence-electron chi connectivity index (χ4n) is 2.54. The molecule has 0 amide bonds. The van der Waals surface area contributed by atoms with E-state index in [9.17, 15) is 8.42 Å². The van der Waals surface area contributed by atoms with E-state index in [-0.39, 0.29) is 12.4 Å². The molecule has 0 saturated carbocycles. The average Bonchev–Trinajstić information content (AvgIpc) is 2.99. The second kappa shape index (κ2) is 7.51. The summed E-state index contributed by atoms with van der Waals surface area (Å²) in [6.45, 7) is 0.502. The molecule has 3 aromatic rings. The van der Waals surface area contributed by atoms with Gasteiger partial charge in [-0.25, -0.2) is 13.1 Å². The third kappa shape index (κ3) is 4.37. The molecule has 0 unspecified atom stereocenters. The lowest BCUT2D eigenvalue weighted by Crippen LogP contribution is -2.30. The van der Waals surface area contributed by atoms with E-state index in [2.05, 4.69) is 9.71 Å². The Morgan fingerprint density at radius 1 is 1.00 bits per heavy atom. The molecule has 1 aromatic heterocycles. The van der Waals surface area contributed by atoms with Gasteiger partial charge in [0.15, 0.2) is 0 Å². The van der Waals surface area contributed by atoms with Crippen molar-refractivity contribution in [3.05, 3.63) is 66.4 Å². The molecule has 0 atom stereocenters. The van der Waals surface area contributed by atoms with Crippen LogP contribution in [0.2, 0.25) is 0 Å². The van der Waals surface area contributed by atoms with Gasteiger partial charge in [-0.3, -0.25) is 0 Å². The van der Waals surface area contributed by atoms with Gasteiger partial charge in [-0.05, 0) is 30.2 Å². The summed E-state index contributed by atoms with van der Waals surface area (Å²) >= 11 is 0. The second-order valence-corrected chi connectivity index (χ2v) is 7.41. The van der Waals surface area contributed by atoms with Gasteiger partial charge in [-0.2, -0.15) is 0 Å². The van der Waals surface area contributed by atoms with Gasteiger partial charge in [-0.1, -0.05) is 36.4 Å². The highest BCUT2D eigenvalue weighted by Gasteiger charge is 2.11. The van der Waals surface area contributed by atoms with E-state index in [1.165, 1.54) is 0 Å². The Labute approximate surface area is 141 Å². The van der Waals surface area contributed by atoms with Crippen LogP contribution < -0.4 is 9.46 Å². The van der Waals surface area contributed by atoms with Crippen LogP contribution in [-0.2, 0) is 16.4 Å². The quantitative estimate of drug-likeness (QED) is 0.660. The molecule has 1 heterocycles. The zero-order valence-corrected chi connectivity index (χ0v) is 14.1. The van der Waals surface area contributed by atoms with E-state index in [1.54, 1.807) is 12.1 Å². The molecule has 24 heavy (non-hydrogen) atoms. The Hall–Kier alpha value is -2.31. The van der Waals surface area contributed by atoms with Crippen molar-refractivity contribution in [2.24, 2.45) is 0 Å². The highest BCUT2D eigenvalue weighted by Crippen LogP contribution is 2.17. The van der Waals surface area contributed by atoms with Gasteiger partial charge in [0.25, 0.3) is 0 Å². The molecule has 0 fully saturated rings. The van der Waals surface area contributed by atoms with Crippen molar-refractivity contribution in [3.8, 4) is 5.75 Å². The number of aromatic amines is 1. The molecular formula is C18H20N2O3S. The number of ether oxygens (including phenoxy) is 1. The summed E-state index contributed by atoms with van der Waals surface area (Å²) in [5.41, 5.74) is 2.17. The zero-order valence-electron chi connectivity index (χ0n) is 13.2. The Kier molecular flexibility index (Phi) is 5.17. The Morgan fingerprint density at radius 2 is 1.75 bits per heavy atom. The van der Waals surface area contributed by atoms with Crippen LogP contribution in [0.4, 0.5) is 0 Å². The minimum Gasteiger partial charge on any atom is -0.492 e. The van der Waals surface area contributed by atoms with Gasteiger partial charge in [0.1, 0.15) is 12.4 Å². The van der Waals surface area contributed by atoms with Crippen molar-refractivity contribution in [2.75, 3.05) is 18.9 Å². The van der Waals surface area contributed by atoms with Gasteiger partial charge in [0, 0.05) is 23.6 Å². The topological polar surface area (TPSA) is 71.2 Å². The lowest BCUT2D eigenvalue weighted by Gasteiger charge is -2.08. The molecule has 126 valence electrons. The van der Waals surface area contributed by atoms with Crippen molar-refractivity contribution >= 4 is 20.9 Å². The first-order chi connectivity index (χ1) is 11.6. The summed E-state index contributed by atoms with van der Waals surface area (Å²) in [7, 11) is -3.34. The monoisotopic (exact) mass is 344 g/mol. The molecule has 0 radical (unpaired) electrons. The molecule has 6 heteroatoms. The van der Waals surface area contributed by atoms with Gasteiger partial charge < -0.3 is 9.72 Å². The van der Waals surface area contributed by atoms with E-state index in [4.69, 9.17) is 4.74 Å². The number of H-pyrrole nitrogens is 1. The number of benzene rings is 2. The number of aromatic nitrogens is 1. The number of rotatable bonds is 8. The lowest BCUT2D eigenvalue weighted by molar-refractivity contribution is 0.340. The molecule has 0 aliphatic rings. The van der Waals surface area contributed by atoms with Gasteiger partial charge in [-0.15, -0.1) is 0 Å². The maximum Gasteiger partial charge on any atom is 0.214 e. The molecule has 2 aromatic carbocycles. The van der Waals surface area contributed by atoms with Crippen molar-refractivity contribution in [1.82, 2.24) is 9.71 Å². The largest absolute Gasteiger partial charge is 0.492 e. The van der Waals surface area contributed by atoms with E-state index >= 15 is 0 Å². The van der Waals surface area contributed by atoms with E-state index < -0.39 is 10.0 Å². The first kappa shape index (κ1) is 16.5. The summed E-state index contributed by atoms with van der Waals surface area (Å²) in [5.74, 6) is 0.613. The van der Waals surface area contributed by atoms with Gasteiger partial charge >= 0.3 is 0 Å². The van der Waals surface area contributed by atoms with Gasteiger partial charge in [0.2, 0.25) is 10.0 Å². The number of sulfonamides is 1. The minimum absolute atomic E-state index is 0.0597. The molecule has 0 saturated heterocycles. The number of para-hydroxylation sites is 2. The number of hydrogen-bond donors (Lipinski definition) is 2. The first-order valence-corrected chi connectivity index (χ1v) is 9.49. The van der Waals surface area contributed by atoms with Crippen molar-refractivity contribution < 1.29 is 13.2 Å². The van der Waals surface area contributed by atoms with Crippen LogP contribution in [0, 0.1) is 0 Å². The van der Waals surface area contributed by atoms with Gasteiger partial charge in [0.05, 0.1) is 5.75 Å². The minimum atomic E-state index is -3.34. The van der Waals surface area contributed by atoms with E-state index in [0.717, 1.165) is 16.5 Å². The number of hydrogen-bond acceptors (Lipinski definition) is 3. The molecule has 0 spiro atoms. The van der Waals surface area contributed by atoms with Crippen LogP contribution >= 0.6 is 0 Å². The average molecular weight is 344 g/mol. The third-order valence-corrected chi connectivity index (χ3v) is 5.10. The summed E-state index contributed by atoms with van der Waals surface area (Å²) in [5, 5.41) is 1.13. The summed E-state index contributed by atoms with van der Waals surface area (Å²) < 4.78 is 32.1. The number of nitrogens with one attached hydrogen (secondary N) is 2. The van der Waals surface area contributed by atoms with Crippen LogP contribution in [0.15, 0.2) is 60.8 Å². The predicted molar refractivity (Wildman–Crippen MR) is 95.7 cm³/mol. The third-order valence-electron chi connectivity index (χ3n) is 3.76. The molecule has 2 N–H and O–H groups in total. The number of fused-ring (bicyclic) bond motifs is 1. The van der Waals surface area contributed by atoms with Crippen molar-refractivity contribution in [1.29, 1.82) is 0 Å². The molecule has 0 bridgehead atoms. The van der Waals surface area contributed by atoms with Crippen LogP contribution in [0.5, 0.6) is 5.75 Å². The standard InChI is InChI=1S/C18H20N2O3S/c21-24(22,13-12-23-16-6-2-1-3-7-16)20-11-10-15-14-19-18-9-5-4-8-17(15)18/h1-9,14,19-20H,10-13H2. The summed E-state index contributed by atoms with van der Waals surface area (Å²) in [4.78, 5) is 3.19. The Bertz CT molecular complexity index is 889. The van der Waals surface area contributed by atoms with E-state index in [0.29, 0.717) is 18.7 Å². The Balaban J connectivity index is 1.46. The molecule has 3 rings (SSSR count). The highest BCUT2D eigenvalue weighted by molar-refractivity contribution is 7.89. The summed E-state index contributed by atoms with van der Waals surface area (Å²) in [6.07, 6.45) is 2.57. The molecular weight excluding hydrogens is 324 g/mol. The highest BCUT2D eigenvalue weighted by atomic mass is 32.2. The van der Waals surface area contributed by atoms with Crippen LogP contribution in [0.3, 0.4) is 0 Å². The second-order valence-electron chi connectivity index (χ2n) is 5.48. The maximum absolute atomic E-state index is 12.0. The van der Waals surface area contributed by atoms with Crippen molar-refractivity contribution in [2.45, 2.75) is 6.42 Å². The predicted octanol–water partition coefficient (Wildman–Crippen LogP) is 2.71. The van der Waals surface area contributed by atoms with Crippen molar-refractivity contribution in [3.63, 3.8) is 0 Å². The van der Waals surface area contributed by atoms with Crippen LogP contribution in [0.1, 0.15) is 5.56 Å². The molecule has 0 aliphatic carbocycles. The normalized spacial score (nSPS) is 11.7. The zero-order chi connectivity index (χ0) is 16.8. The maximum atomic E-state index is 12.0. The first-order valence-electron chi connectivity index (χ1n) is 7.84. The molecule has 0 aliphatic heterocycles. The van der Waals surface area contributed by atoms with Crippen LogP contribution in [-0.4, -0.2) is 32.3 Å². The van der Waals surface area contributed by atoms with Crippen LogP contribution in [0.25, 0.3) is 10.9 Å². The SMILES string of the molecule is O=S(=O)(CCOc1ccccc1)NCCc1c[nH]c2ccccc12. The smallest absolute Gasteiger partial charge is 0.214 e. The molecule has 5 nitrogen and oxygen atoms in total. The summed E-state index contributed by atoms with van der Waals surface area (Å²) in [6, 6.07) is 17.2. The fourth-order valence-corrected chi connectivity index (χ4v) is 3.40. The lowest BCUT2D eigenvalue weighted by atomic mass is 10.1. The Morgan fingerprint density at radius 3 is 2.58 bits per heavy atom. The fraction of sp³-hybridized carbons (Fsp3) is 0.222. The van der Waals surface area contributed by atoms with E-state index in [1.807, 2.05) is 48.7 Å².